The zero-order valence-corrected chi connectivity index (χ0v) is 18.7. The summed E-state index contributed by atoms with van der Waals surface area (Å²) in [6.45, 7) is 4.18. The van der Waals surface area contributed by atoms with Crippen molar-refractivity contribution >= 4 is 54.4 Å². The molecule has 7 heteroatoms. The molecule has 0 unspecified atom stereocenters. The van der Waals surface area contributed by atoms with Gasteiger partial charge in [-0.3, -0.25) is 0 Å². The maximum Gasteiger partial charge on any atom is 0.236 e. The largest absolute Gasteiger partial charge is 0.367 e. The summed E-state index contributed by atoms with van der Waals surface area (Å²) in [7, 11) is -3.58. The number of nitrogens with zero attached hydrogens (tertiary/aromatic N) is 1. The average Bonchev–Trinajstić information content (AvgIpc) is 3.32. The average molecular weight is 445 g/mol. The molecule has 0 saturated carbocycles. The number of fused-ring (bicyclic) bond motifs is 1. The predicted octanol–water partition coefficient (Wildman–Crippen LogP) is 6.31. The molecule has 0 saturated heterocycles. The van der Waals surface area contributed by atoms with Gasteiger partial charge in [0.25, 0.3) is 0 Å². The monoisotopic (exact) mass is 444 g/mol. The Kier molecular flexibility index (Phi) is 4.97. The van der Waals surface area contributed by atoms with Gasteiger partial charge in [-0.1, -0.05) is 25.4 Å². The lowest BCUT2D eigenvalue weighted by atomic mass is 9.79. The fraction of sp³-hybridized carbons (Fsp3) is 0.182. The minimum Gasteiger partial charge on any atom is -0.367 e. The summed E-state index contributed by atoms with van der Waals surface area (Å²) < 4.78 is 28.0. The number of thiophene rings is 1. The minimum absolute atomic E-state index is 0.347. The number of hydrogen-bond acceptors (Lipinski definition) is 3. The van der Waals surface area contributed by atoms with Crippen molar-refractivity contribution in [1.29, 1.82) is 0 Å². The zero-order chi connectivity index (χ0) is 20.8. The maximum atomic E-state index is 12.8. The second kappa shape index (κ2) is 7.20. The molecule has 4 aromatic rings. The van der Waals surface area contributed by atoms with Crippen LogP contribution < -0.4 is 4.31 Å². The molecule has 1 N–H and O–H groups in total. The highest BCUT2D eigenvalue weighted by atomic mass is 35.5. The Labute approximate surface area is 179 Å². The molecule has 0 aliphatic rings. The molecule has 0 bridgehead atoms. The number of aromatic amines is 1. The normalized spacial score (nSPS) is 12.4. The van der Waals surface area contributed by atoms with Gasteiger partial charge in [-0.15, -0.1) is 11.3 Å². The lowest BCUT2D eigenvalue weighted by Crippen LogP contribution is -2.26. The molecular weight excluding hydrogens is 424 g/mol. The van der Waals surface area contributed by atoms with E-state index in [2.05, 4.69) is 18.8 Å². The van der Waals surface area contributed by atoms with Crippen molar-refractivity contribution in [3.8, 4) is 0 Å². The van der Waals surface area contributed by atoms with Crippen LogP contribution in [0.5, 0.6) is 0 Å². The van der Waals surface area contributed by atoms with E-state index in [0.29, 0.717) is 16.4 Å². The molecule has 4 nitrogen and oxygen atoms in total. The van der Waals surface area contributed by atoms with Crippen LogP contribution in [0.15, 0.2) is 66.3 Å². The standard InChI is InChI=1S/C22H21ClN2O2S2/c1-22(2,16-6-8-24-14-16)17-11-18(23)13-20(12-17)25(29(3,26)27)19-4-5-21-15(10-19)7-9-28-21/h4-14,24H,1-3H3. The molecule has 2 heterocycles. The molecule has 0 spiro atoms. The molecule has 0 fully saturated rings. The number of halogens is 1. The second-order valence-electron chi connectivity index (χ2n) is 7.59. The minimum atomic E-state index is -3.58. The molecule has 0 atom stereocenters. The van der Waals surface area contributed by atoms with Crippen molar-refractivity contribution in [1.82, 2.24) is 4.98 Å². The summed E-state index contributed by atoms with van der Waals surface area (Å²) in [4.78, 5) is 3.08. The van der Waals surface area contributed by atoms with Gasteiger partial charge in [0.15, 0.2) is 0 Å². The smallest absolute Gasteiger partial charge is 0.236 e. The Morgan fingerprint density at radius 1 is 1.00 bits per heavy atom. The summed E-state index contributed by atoms with van der Waals surface area (Å²) in [5.74, 6) is 0. The fourth-order valence-electron chi connectivity index (χ4n) is 3.54. The van der Waals surface area contributed by atoms with Crippen LogP contribution in [0.1, 0.15) is 25.0 Å². The van der Waals surface area contributed by atoms with Crippen molar-refractivity contribution < 1.29 is 8.42 Å². The van der Waals surface area contributed by atoms with Crippen LogP contribution in [0.2, 0.25) is 5.02 Å². The number of anilines is 2. The molecule has 0 amide bonds. The molecule has 150 valence electrons. The topological polar surface area (TPSA) is 53.2 Å². The summed E-state index contributed by atoms with van der Waals surface area (Å²) in [6.07, 6.45) is 5.03. The number of hydrogen-bond donors (Lipinski definition) is 1. The number of rotatable bonds is 5. The summed E-state index contributed by atoms with van der Waals surface area (Å²) in [6, 6.07) is 15.2. The van der Waals surface area contributed by atoms with Crippen molar-refractivity contribution in [2.24, 2.45) is 0 Å². The first-order chi connectivity index (χ1) is 13.7. The van der Waals surface area contributed by atoms with E-state index in [1.54, 1.807) is 17.4 Å². The third-order valence-electron chi connectivity index (χ3n) is 5.16. The van der Waals surface area contributed by atoms with E-state index in [9.17, 15) is 8.42 Å². The van der Waals surface area contributed by atoms with Crippen molar-refractivity contribution in [2.75, 3.05) is 10.6 Å². The highest BCUT2D eigenvalue weighted by Gasteiger charge is 2.27. The van der Waals surface area contributed by atoms with Crippen LogP contribution in [0.25, 0.3) is 10.1 Å². The van der Waals surface area contributed by atoms with Gasteiger partial charge >= 0.3 is 0 Å². The van der Waals surface area contributed by atoms with Gasteiger partial charge in [0.2, 0.25) is 10.0 Å². The molecule has 0 radical (unpaired) electrons. The maximum absolute atomic E-state index is 12.8. The first-order valence-electron chi connectivity index (χ1n) is 9.08. The Hall–Kier alpha value is -2.28. The van der Waals surface area contributed by atoms with Crippen LogP contribution in [0, 0.1) is 0 Å². The van der Waals surface area contributed by atoms with E-state index in [1.165, 1.54) is 10.6 Å². The Balaban J connectivity index is 1.89. The predicted molar refractivity (Wildman–Crippen MR) is 123 cm³/mol. The van der Waals surface area contributed by atoms with Gasteiger partial charge in [-0.05, 0) is 70.4 Å². The van der Waals surface area contributed by atoms with E-state index in [0.717, 1.165) is 21.2 Å². The number of benzene rings is 2. The van der Waals surface area contributed by atoms with Gasteiger partial charge in [-0.2, -0.15) is 0 Å². The molecule has 2 aromatic carbocycles. The fourth-order valence-corrected chi connectivity index (χ4v) is 5.53. The molecule has 4 rings (SSSR count). The van der Waals surface area contributed by atoms with E-state index >= 15 is 0 Å². The van der Waals surface area contributed by atoms with Gasteiger partial charge in [0.1, 0.15) is 0 Å². The summed E-state index contributed by atoms with van der Waals surface area (Å²) in [5, 5.41) is 3.50. The van der Waals surface area contributed by atoms with Gasteiger partial charge < -0.3 is 4.98 Å². The van der Waals surface area contributed by atoms with Crippen molar-refractivity contribution in [3.63, 3.8) is 0 Å². The molecular formula is C22H21ClN2O2S2. The van der Waals surface area contributed by atoms with E-state index in [4.69, 9.17) is 11.6 Å². The second-order valence-corrected chi connectivity index (χ2v) is 10.8. The zero-order valence-electron chi connectivity index (χ0n) is 16.3. The van der Waals surface area contributed by atoms with Crippen LogP contribution >= 0.6 is 22.9 Å². The molecule has 0 aliphatic carbocycles. The van der Waals surface area contributed by atoms with Gasteiger partial charge in [0.05, 0.1) is 17.6 Å². The molecule has 2 aromatic heterocycles. The quantitative estimate of drug-likeness (QED) is 0.392. The summed E-state index contributed by atoms with van der Waals surface area (Å²) >= 11 is 8.07. The van der Waals surface area contributed by atoms with E-state index < -0.39 is 10.0 Å². The van der Waals surface area contributed by atoms with Crippen LogP contribution in [-0.2, 0) is 15.4 Å². The highest BCUT2D eigenvalue weighted by molar-refractivity contribution is 7.92. The van der Waals surface area contributed by atoms with Gasteiger partial charge in [0, 0.05) is 27.5 Å². The van der Waals surface area contributed by atoms with E-state index in [-0.39, 0.29) is 5.41 Å². The first-order valence-corrected chi connectivity index (χ1v) is 12.2. The highest BCUT2D eigenvalue weighted by Crippen LogP contribution is 2.39. The SMILES string of the molecule is CC(C)(c1cc[nH]c1)c1cc(Cl)cc(N(c2ccc3sccc3c2)S(C)(=O)=O)c1. The number of nitrogens with one attached hydrogen (secondary N) is 1. The Bertz CT molecular complexity index is 1280. The summed E-state index contributed by atoms with van der Waals surface area (Å²) in [5.41, 5.74) is 2.79. The van der Waals surface area contributed by atoms with Crippen LogP contribution in [0.3, 0.4) is 0 Å². The first kappa shape index (κ1) is 20.0. The Morgan fingerprint density at radius 3 is 2.48 bits per heavy atom. The van der Waals surface area contributed by atoms with Crippen LogP contribution in [0.4, 0.5) is 11.4 Å². The van der Waals surface area contributed by atoms with Crippen molar-refractivity contribution in [2.45, 2.75) is 19.3 Å². The number of H-pyrrole nitrogens is 1. The third-order valence-corrected chi connectivity index (χ3v) is 7.36. The van der Waals surface area contributed by atoms with Gasteiger partial charge in [-0.25, -0.2) is 12.7 Å². The molecule has 0 aliphatic heterocycles. The van der Waals surface area contributed by atoms with Crippen LogP contribution in [-0.4, -0.2) is 19.7 Å². The molecule has 29 heavy (non-hydrogen) atoms. The number of aromatic nitrogens is 1. The Morgan fingerprint density at radius 2 is 1.79 bits per heavy atom. The lowest BCUT2D eigenvalue weighted by Gasteiger charge is -2.28. The van der Waals surface area contributed by atoms with Crippen molar-refractivity contribution in [3.05, 3.63) is 82.5 Å². The van der Waals surface area contributed by atoms with E-state index in [1.807, 2.05) is 60.2 Å². The lowest BCUT2D eigenvalue weighted by molar-refractivity contribution is 0.601. The number of sulfonamides is 1. The third kappa shape index (κ3) is 3.80.